The van der Waals surface area contributed by atoms with Crippen LogP contribution in [0.2, 0.25) is 0 Å². The van der Waals surface area contributed by atoms with E-state index in [4.69, 9.17) is 0 Å². The van der Waals surface area contributed by atoms with Crippen molar-refractivity contribution in [2.75, 3.05) is 0 Å². The lowest BCUT2D eigenvalue weighted by Gasteiger charge is -2.51. The number of rotatable bonds is 5. The van der Waals surface area contributed by atoms with E-state index in [9.17, 15) is 32.7 Å². The molecule has 1 aliphatic heterocycles. The maximum atomic E-state index is 13.8. The number of hydrogen-bond acceptors (Lipinski definition) is 4. The van der Waals surface area contributed by atoms with E-state index < -0.39 is 46.5 Å². The second-order valence-corrected chi connectivity index (χ2v) is 7.89. The zero-order chi connectivity index (χ0) is 21.6. The number of halogens is 4. The first-order valence-corrected chi connectivity index (χ1v) is 9.51. The topological polar surface area (TPSA) is 76.0 Å². The molecule has 8 heteroatoms. The first kappa shape index (κ1) is 21.2. The predicted molar refractivity (Wildman–Crippen MR) is 94.5 cm³/mol. The Bertz CT molecular complexity index is 899. The highest BCUT2D eigenvalue weighted by molar-refractivity contribution is 5.78. The van der Waals surface area contributed by atoms with Crippen LogP contribution in [-0.4, -0.2) is 12.0 Å². The highest BCUT2D eigenvalue weighted by atomic mass is 19.4. The molecule has 156 valence electrons. The molecule has 1 N–H and O–H groups in total. The minimum atomic E-state index is -4.91. The van der Waals surface area contributed by atoms with Gasteiger partial charge in [0, 0.05) is 23.1 Å². The molecule has 29 heavy (non-hydrogen) atoms. The molecule has 0 radical (unpaired) electrons. The lowest BCUT2D eigenvalue weighted by atomic mass is 9.58. The third-order valence-electron chi connectivity index (χ3n) is 6.08. The normalized spacial score (nSPS) is 27.3. The molecule has 0 aromatic heterocycles. The molecule has 1 aliphatic carbocycles. The second kappa shape index (κ2) is 7.36. The molecule has 0 bridgehead atoms. The summed E-state index contributed by atoms with van der Waals surface area (Å²) in [6.45, 7) is 3.28. The average molecular weight is 409 g/mol. The number of nitrogens with zero attached hydrogens (tertiary/aromatic N) is 1. The Morgan fingerprint density at radius 2 is 2.03 bits per heavy atom. The van der Waals surface area contributed by atoms with Crippen LogP contribution in [0, 0.1) is 28.5 Å². The number of benzene rings is 1. The molecule has 1 fully saturated rings. The van der Waals surface area contributed by atoms with E-state index in [2.05, 4.69) is 5.32 Å². The average Bonchev–Trinajstić information content (AvgIpc) is 3.45. The highest BCUT2D eigenvalue weighted by Crippen LogP contribution is 2.56. The van der Waals surface area contributed by atoms with E-state index in [1.54, 1.807) is 13.8 Å². The zero-order valence-corrected chi connectivity index (χ0v) is 16.1. The van der Waals surface area contributed by atoms with Crippen LogP contribution in [0.5, 0.6) is 0 Å². The fourth-order valence-corrected chi connectivity index (χ4v) is 4.62. The maximum Gasteiger partial charge on any atom is 0.416 e. The van der Waals surface area contributed by atoms with Gasteiger partial charge in [-0.05, 0) is 43.4 Å². The fraction of sp³-hybridized carbons (Fsp3) is 0.524. The molecule has 3 rings (SSSR count). The summed E-state index contributed by atoms with van der Waals surface area (Å²) in [7, 11) is 0. The number of hydrogen-bond donors (Lipinski definition) is 1. The van der Waals surface area contributed by atoms with Crippen LogP contribution in [0.4, 0.5) is 17.6 Å². The quantitative estimate of drug-likeness (QED) is 0.754. The fourth-order valence-electron chi connectivity index (χ4n) is 4.62. The molecule has 1 aromatic carbocycles. The van der Waals surface area contributed by atoms with E-state index in [0.717, 1.165) is 25.0 Å². The molecule has 1 heterocycles. The molecular formula is C21H21F4N2O2-. The lowest BCUT2D eigenvalue weighted by molar-refractivity contribution is -0.323. The molecule has 3 atom stereocenters. The first-order chi connectivity index (χ1) is 13.6. The Kier molecular flexibility index (Phi) is 5.37. The van der Waals surface area contributed by atoms with Gasteiger partial charge in [0.25, 0.3) is 0 Å². The van der Waals surface area contributed by atoms with Gasteiger partial charge < -0.3 is 15.2 Å². The van der Waals surface area contributed by atoms with Crippen molar-refractivity contribution < 1.29 is 27.5 Å². The van der Waals surface area contributed by atoms with Gasteiger partial charge in [0.15, 0.2) is 0 Å². The van der Waals surface area contributed by atoms with Gasteiger partial charge in [0.1, 0.15) is 5.82 Å². The number of carboxylic acid groups (broad SMARTS) is 1. The molecule has 3 unspecified atom stereocenters. The Morgan fingerprint density at radius 1 is 1.38 bits per heavy atom. The number of alkyl halides is 3. The molecular weight excluding hydrogens is 388 g/mol. The molecule has 0 spiro atoms. The lowest BCUT2D eigenvalue weighted by Crippen LogP contribution is -2.61. The standard InChI is InChI=1S/C21H22F4N2O2/c1-3-17-20(19(28)29,9-12-4-5-12)18(15(10-26)11(2)27-17)14-7-6-13(22)8-16(14)21(23,24)25/h6-8,12,17-18,27H,3-5,9H2,1-2H3,(H,28,29)/p-1. The van der Waals surface area contributed by atoms with Gasteiger partial charge in [0.2, 0.25) is 0 Å². The second-order valence-electron chi connectivity index (χ2n) is 7.89. The summed E-state index contributed by atoms with van der Waals surface area (Å²) in [5.74, 6) is -3.92. The number of carbonyl (C=O) groups is 1. The smallest absolute Gasteiger partial charge is 0.416 e. The summed E-state index contributed by atoms with van der Waals surface area (Å²) < 4.78 is 55.0. The van der Waals surface area contributed by atoms with Crippen LogP contribution >= 0.6 is 0 Å². The van der Waals surface area contributed by atoms with Crippen molar-refractivity contribution in [2.45, 2.75) is 57.7 Å². The number of carboxylic acids is 1. The van der Waals surface area contributed by atoms with E-state index in [1.807, 2.05) is 6.07 Å². The third kappa shape index (κ3) is 3.59. The van der Waals surface area contributed by atoms with Crippen LogP contribution in [-0.2, 0) is 11.0 Å². The number of allylic oxidation sites excluding steroid dienone is 2. The van der Waals surface area contributed by atoms with E-state index in [0.29, 0.717) is 18.2 Å². The van der Waals surface area contributed by atoms with Crippen molar-refractivity contribution >= 4 is 5.97 Å². The van der Waals surface area contributed by atoms with Gasteiger partial charge in [0.05, 0.1) is 23.2 Å². The van der Waals surface area contributed by atoms with E-state index in [-0.39, 0.29) is 17.9 Å². The minimum absolute atomic E-state index is 0.0411. The first-order valence-electron chi connectivity index (χ1n) is 9.51. The SMILES string of the molecule is CCC1NC(C)=C(C#N)C(c2ccc(F)cc2C(F)(F)F)C1(CC1CC1)C(=O)[O-]. The Hall–Kier alpha value is -2.56. The van der Waals surface area contributed by atoms with Crippen LogP contribution in [0.25, 0.3) is 0 Å². The van der Waals surface area contributed by atoms with Gasteiger partial charge in [-0.3, -0.25) is 0 Å². The van der Waals surface area contributed by atoms with Crippen LogP contribution in [0.15, 0.2) is 29.5 Å². The van der Waals surface area contributed by atoms with Crippen LogP contribution in [0.1, 0.15) is 56.6 Å². The number of aliphatic carboxylic acids is 1. The molecule has 2 aliphatic rings. The summed E-state index contributed by atoms with van der Waals surface area (Å²) >= 11 is 0. The van der Waals surface area contributed by atoms with Gasteiger partial charge in [-0.2, -0.15) is 18.4 Å². The monoisotopic (exact) mass is 409 g/mol. The zero-order valence-electron chi connectivity index (χ0n) is 16.1. The van der Waals surface area contributed by atoms with E-state index in [1.165, 1.54) is 0 Å². The minimum Gasteiger partial charge on any atom is -0.549 e. The summed E-state index contributed by atoms with van der Waals surface area (Å²) in [5, 5.41) is 25.3. The van der Waals surface area contributed by atoms with Gasteiger partial charge >= 0.3 is 6.18 Å². The Balaban J connectivity index is 2.35. The van der Waals surface area contributed by atoms with Crippen LogP contribution in [0.3, 0.4) is 0 Å². The number of nitriles is 1. The summed E-state index contributed by atoms with van der Waals surface area (Å²) in [4.78, 5) is 12.6. The predicted octanol–water partition coefficient (Wildman–Crippen LogP) is 3.64. The highest BCUT2D eigenvalue weighted by Gasteiger charge is 2.55. The summed E-state index contributed by atoms with van der Waals surface area (Å²) in [6.07, 6.45) is -2.94. The maximum absolute atomic E-state index is 13.8. The Morgan fingerprint density at radius 3 is 2.52 bits per heavy atom. The van der Waals surface area contributed by atoms with Gasteiger partial charge in [-0.15, -0.1) is 0 Å². The van der Waals surface area contributed by atoms with Crippen LogP contribution < -0.4 is 10.4 Å². The van der Waals surface area contributed by atoms with Crippen molar-refractivity contribution in [1.29, 1.82) is 5.26 Å². The van der Waals surface area contributed by atoms with Gasteiger partial charge in [-0.1, -0.05) is 25.8 Å². The Labute approximate surface area is 166 Å². The van der Waals surface area contributed by atoms with Crippen molar-refractivity contribution in [2.24, 2.45) is 11.3 Å². The van der Waals surface area contributed by atoms with Crippen molar-refractivity contribution in [3.8, 4) is 6.07 Å². The molecule has 1 saturated carbocycles. The molecule has 0 saturated heterocycles. The summed E-state index contributed by atoms with van der Waals surface area (Å²) in [6, 6.07) is 3.37. The molecule has 1 aromatic rings. The van der Waals surface area contributed by atoms with E-state index >= 15 is 0 Å². The number of carbonyl (C=O) groups excluding carboxylic acids is 1. The van der Waals surface area contributed by atoms with Crippen molar-refractivity contribution in [3.05, 3.63) is 46.4 Å². The van der Waals surface area contributed by atoms with Crippen molar-refractivity contribution in [3.63, 3.8) is 0 Å². The third-order valence-corrected chi connectivity index (χ3v) is 6.08. The largest absolute Gasteiger partial charge is 0.549 e. The molecule has 0 amide bonds. The van der Waals surface area contributed by atoms with Gasteiger partial charge in [-0.25, -0.2) is 4.39 Å². The van der Waals surface area contributed by atoms with Crippen molar-refractivity contribution in [1.82, 2.24) is 5.32 Å². The number of nitrogens with one attached hydrogen (secondary N) is 1. The molecule has 4 nitrogen and oxygen atoms in total. The summed E-state index contributed by atoms with van der Waals surface area (Å²) in [5.41, 5.74) is -3.18.